The predicted molar refractivity (Wildman–Crippen MR) is 87.0 cm³/mol. The Morgan fingerprint density at radius 3 is 2.30 bits per heavy atom. The summed E-state index contributed by atoms with van der Waals surface area (Å²) in [6.45, 7) is 5.73. The molecule has 106 valence electrons. The molecule has 0 aliphatic carbocycles. The first-order chi connectivity index (χ1) is 9.69. The zero-order valence-corrected chi connectivity index (χ0v) is 13.5. The Balaban J connectivity index is 1.89. The van der Waals surface area contributed by atoms with Crippen molar-refractivity contribution in [3.63, 3.8) is 0 Å². The third kappa shape index (κ3) is 4.36. The minimum absolute atomic E-state index is 0.328. The molecule has 0 radical (unpaired) electrons. The van der Waals surface area contributed by atoms with Crippen LogP contribution in [0.3, 0.4) is 0 Å². The summed E-state index contributed by atoms with van der Waals surface area (Å²) in [5, 5.41) is 3.53. The SMILES string of the molecule is CCOc1ccc(CN[C@H](C)c2ccc(Br)cc2)cc1. The maximum absolute atomic E-state index is 5.44. The highest BCUT2D eigenvalue weighted by Gasteiger charge is 2.04. The van der Waals surface area contributed by atoms with Crippen LogP contribution in [0.4, 0.5) is 0 Å². The average molecular weight is 334 g/mol. The Kier molecular flexibility index (Phi) is 5.62. The largest absolute Gasteiger partial charge is 0.494 e. The van der Waals surface area contributed by atoms with E-state index in [0.29, 0.717) is 12.6 Å². The lowest BCUT2D eigenvalue weighted by Gasteiger charge is -2.14. The fourth-order valence-corrected chi connectivity index (χ4v) is 2.27. The van der Waals surface area contributed by atoms with E-state index in [1.807, 2.05) is 19.1 Å². The summed E-state index contributed by atoms with van der Waals surface area (Å²) in [4.78, 5) is 0. The van der Waals surface area contributed by atoms with Gasteiger partial charge in [0.05, 0.1) is 6.61 Å². The van der Waals surface area contributed by atoms with E-state index >= 15 is 0 Å². The number of hydrogen-bond donors (Lipinski definition) is 1. The Labute approximate surface area is 129 Å². The average Bonchev–Trinajstić information content (AvgIpc) is 2.47. The molecule has 2 rings (SSSR count). The minimum atomic E-state index is 0.328. The summed E-state index contributed by atoms with van der Waals surface area (Å²) >= 11 is 3.46. The Hall–Kier alpha value is -1.32. The van der Waals surface area contributed by atoms with Crippen LogP contribution < -0.4 is 10.1 Å². The summed E-state index contributed by atoms with van der Waals surface area (Å²) in [6.07, 6.45) is 0. The van der Waals surface area contributed by atoms with Crippen molar-refractivity contribution in [2.45, 2.75) is 26.4 Å². The molecule has 2 aromatic carbocycles. The topological polar surface area (TPSA) is 21.3 Å². The molecule has 0 unspecified atom stereocenters. The Morgan fingerprint density at radius 1 is 1.05 bits per heavy atom. The van der Waals surface area contributed by atoms with E-state index < -0.39 is 0 Å². The molecule has 0 saturated carbocycles. The van der Waals surface area contributed by atoms with Crippen molar-refractivity contribution < 1.29 is 4.74 Å². The third-order valence-corrected chi connectivity index (χ3v) is 3.75. The number of rotatable bonds is 6. The van der Waals surface area contributed by atoms with Gasteiger partial charge < -0.3 is 10.1 Å². The maximum atomic E-state index is 5.44. The van der Waals surface area contributed by atoms with Gasteiger partial charge in [-0.15, -0.1) is 0 Å². The monoisotopic (exact) mass is 333 g/mol. The molecule has 0 saturated heterocycles. The molecule has 2 nitrogen and oxygen atoms in total. The van der Waals surface area contributed by atoms with Crippen molar-refractivity contribution in [3.8, 4) is 5.75 Å². The van der Waals surface area contributed by atoms with Crippen LogP contribution in [-0.4, -0.2) is 6.61 Å². The van der Waals surface area contributed by atoms with Crippen LogP contribution in [0.25, 0.3) is 0 Å². The molecule has 3 heteroatoms. The van der Waals surface area contributed by atoms with Crippen molar-refractivity contribution in [3.05, 3.63) is 64.1 Å². The fourth-order valence-electron chi connectivity index (χ4n) is 2.01. The highest BCUT2D eigenvalue weighted by atomic mass is 79.9. The van der Waals surface area contributed by atoms with Crippen molar-refractivity contribution in [1.82, 2.24) is 5.32 Å². The number of nitrogens with one attached hydrogen (secondary N) is 1. The highest BCUT2D eigenvalue weighted by molar-refractivity contribution is 9.10. The van der Waals surface area contributed by atoms with Gasteiger partial charge in [-0.3, -0.25) is 0 Å². The number of benzene rings is 2. The first kappa shape index (κ1) is 15.1. The second-order valence-corrected chi connectivity index (χ2v) is 5.65. The van der Waals surface area contributed by atoms with Gasteiger partial charge in [-0.25, -0.2) is 0 Å². The van der Waals surface area contributed by atoms with Gasteiger partial charge in [0.2, 0.25) is 0 Å². The van der Waals surface area contributed by atoms with Crippen LogP contribution in [0.2, 0.25) is 0 Å². The van der Waals surface area contributed by atoms with Gasteiger partial charge in [0.25, 0.3) is 0 Å². The Bertz CT molecular complexity index is 522. The fraction of sp³-hybridized carbons (Fsp3) is 0.294. The van der Waals surface area contributed by atoms with E-state index in [2.05, 4.69) is 64.6 Å². The standard InChI is InChI=1S/C17H20BrNO/c1-3-20-17-10-4-14(5-11-17)12-19-13(2)15-6-8-16(18)9-7-15/h4-11,13,19H,3,12H2,1-2H3/t13-/m1/s1. The molecule has 0 spiro atoms. The van der Waals surface area contributed by atoms with Crippen LogP contribution >= 0.6 is 15.9 Å². The summed E-state index contributed by atoms with van der Waals surface area (Å²) in [6, 6.07) is 17.0. The predicted octanol–water partition coefficient (Wildman–Crippen LogP) is 4.70. The van der Waals surface area contributed by atoms with Crippen LogP contribution in [0.5, 0.6) is 5.75 Å². The van der Waals surface area contributed by atoms with Gasteiger partial charge in [-0.1, -0.05) is 40.2 Å². The van der Waals surface area contributed by atoms with Crippen molar-refractivity contribution in [1.29, 1.82) is 0 Å². The van der Waals surface area contributed by atoms with E-state index in [9.17, 15) is 0 Å². The first-order valence-corrected chi connectivity index (χ1v) is 7.69. The lowest BCUT2D eigenvalue weighted by Crippen LogP contribution is -2.17. The minimum Gasteiger partial charge on any atom is -0.494 e. The quantitative estimate of drug-likeness (QED) is 0.827. The molecule has 2 aromatic rings. The van der Waals surface area contributed by atoms with Crippen LogP contribution in [0.1, 0.15) is 31.0 Å². The summed E-state index contributed by atoms with van der Waals surface area (Å²) in [7, 11) is 0. The molecule has 1 N–H and O–H groups in total. The van der Waals surface area contributed by atoms with Gasteiger partial charge in [0.15, 0.2) is 0 Å². The lowest BCUT2D eigenvalue weighted by molar-refractivity contribution is 0.340. The molecule has 0 aliphatic heterocycles. The summed E-state index contributed by atoms with van der Waals surface area (Å²) < 4.78 is 6.55. The van der Waals surface area contributed by atoms with Crippen LogP contribution in [-0.2, 0) is 6.54 Å². The smallest absolute Gasteiger partial charge is 0.119 e. The molecule has 0 bridgehead atoms. The lowest BCUT2D eigenvalue weighted by atomic mass is 10.1. The highest BCUT2D eigenvalue weighted by Crippen LogP contribution is 2.17. The molecule has 0 heterocycles. The zero-order valence-electron chi connectivity index (χ0n) is 11.9. The number of ether oxygens (including phenoxy) is 1. The number of hydrogen-bond acceptors (Lipinski definition) is 2. The van der Waals surface area contributed by atoms with E-state index in [0.717, 1.165) is 16.8 Å². The molecular weight excluding hydrogens is 314 g/mol. The molecular formula is C17H20BrNO. The number of halogens is 1. The molecule has 0 amide bonds. The summed E-state index contributed by atoms with van der Waals surface area (Å²) in [5.74, 6) is 0.928. The molecule has 0 aliphatic rings. The van der Waals surface area contributed by atoms with Gasteiger partial charge in [-0.05, 0) is 49.2 Å². The second kappa shape index (κ2) is 7.46. The third-order valence-electron chi connectivity index (χ3n) is 3.22. The van der Waals surface area contributed by atoms with E-state index in [-0.39, 0.29) is 0 Å². The molecule has 1 atom stereocenters. The first-order valence-electron chi connectivity index (χ1n) is 6.89. The van der Waals surface area contributed by atoms with Crippen molar-refractivity contribution >= 4 is 15.9 Å². The van der Waals surface area contributed by atoms with Gasteiger partial charge in [-0.2, -0.15) is 0 Å². The molecule has 20 heavy (non-hydrogen) atoms. The van der Waals surface area contributed by atoms with Crippen molar-refractivity contribution in [2.75, 3.05) is 6.61 Å². The molecule has 0 fully saturated rings. The Morgan fingerprint density at radius 2 is 1.70 bits per heavy atom. The zero-order chi connectivity index (χ0) is 14.4. The molecule has 0 aromatic heterocycles. The van der Waals surface area contributed by atoms with E-state index in [4.69, 9.17) is 4.74 Å². The second-order valence-electron chi connectivity index (χ2n) is 4.73. The van der Waals surface area contributed by atoms with Crippen LogP contribution in [0.15, 0.2) is 53.0 Å². The normalized spacial score (nSPS) is 12.2. The van der Waals surface area contributed by atoms with Crippen molar-refractivity contribution in [2.24, 2.45) is 0 Å². The maximum Gasteiger partial charge on any atom is 0.119 e. The van der Waals surface area contributed by atoms with Gasteiger partial charge >= 0.3 is 0 Å². The van der Waals surface area contributed by atoms with E-state index in [1.54, 1.807) is 0 Å². The van der Waals surface area contributed by atoms with Gasteiger partial charge in [0.1, 0.15) is 5.75 Å². The van der Waals surface area contributed by atoms with E-state index in [1.165, 1.54) is 11.1 Å². The summed E-state index contributed by atoms with van der Waals surface area (Å²) in [5.41, 5.74) is 2.55. The van der Waals surface area contributed by atoms with Crippen LogP contribution in [0, 0.1) is 0 Å². The van der Waals surface area contributed by atoms with Gasteiger partial charge in [0, 0.05) is 17.1 Å².